The molecule has 1 N–H and O–H groups in total. The van der Waals surface area contributed by atoms with Crippen LogP contribution in [-0.2, 0) is 17.8 Å². The fraction of sp³-hybridized carbons (Fsp3) is 0.391. The second-order valence-corrected chi connectivity index (χ2v) is 7.34. The number of ether oxygens (including phenoxy) is 2. The number of carbonyl (C=O) groups is 1. The van der Waals surface area contributed by atoms with Gasteiger partial charge in [0.05, 0.1) is 24.8 Å². The van der Waals surface area contributed by atoms with Crippen LogP contribution in [0.4, 0.5) is 0 Å². The minimum absolute atomic E-state index is 0.179. The summed E-state index contributed by atoms with van der Waals surface area (Å²) in [5.74, 6) is 2.92. The zero-order valence-corrected chi connectivity index (χ0v) is 16.8. The minimum atomic E-state index is 0.179. The second-order valence-electron chi connectivity index (χ2n) is 7.34. The fourth-order valence-corrected chi connectivity index (χ4v) is 3.50. The highest BCUT2D eigenvalue weighted by Gasteiger charge is 2.29. The summed E-state index contributed by atoms with van der Waals surface area (Å²) in [7, 11) is 1.65. The third-order valence-corrected chi connectivity index (χ3v) is 5.18. The molecule has 0 aliphatic heterocycles. The van der Waals surface area contributed by atoms with Crippen LogP contribution < -0.4 is 14.8 Å². The highest BCUT2D eigenvalue weighted by molar-refractivity contribution is 5.80. The molecule has 0 bridgehead atoms. The van der Waals surface area contributed by atoms with Crippen LogP contribution in [0.2, 0.25) is 0 Å². The molecular formula is C23H27N3O3. The number of rotatable bonds is 10. The summed E-state index contributed by atoms with van der Waals surface area (Å²) in [5.41, 5.74) is 2.11. The van der Waals surface area contributed by atoms with Gasteiger partial charge in [-0.3, -0.25) is 4.79 Å². The van der Waals surface area contributed by atoms with Crippen molar-refractivity contribution in [3.63, 3.8) is 0 Å². The molecule has 1 saturated carbocycles. The van der Waals surface area contributed by atoms with Gasteiger partial charge in [0.25, 0.3) is 0 Å². The molecule has 6 nitrogen and oxygen atoms in total. The first-order valence-corrected chi connectivity index (χ1v) is 10.2. The van der Waals surface area contributed by atoms with Gasteiger partial charge >= 0.3 is 0 Å². The Bertz CT molecular complexity index is 978. The summed E-state index contributed by atoms with van der Waals surface area (Å²) < 4.78 is 13.5. The Morgan fingerprint density at radius 1 is 1.14 bits per heavy atom. The summed E-state index contributed by atoms with van der Waals surface area (Å²) in [6, 6.07) is 15.8. The van der Waals surface area contributed by atoms with E-state index in [1.54, 1.807) is 7.11 Å². The highest BCUT2D eigenvalue weighted by atomic mass is 16.5. The van der Waals surface area contributed by atoms with Crippen molar-refractivity contribution in [1.29, 1.82) is 0 Å². The van der Waals surface area contributed by atoms with Crippen LogP contribution in [0.15, 0.2) is 48.5 Å². The Labute approximate surface area is 170 Å². The molecule has 1 fully saturated rings. The van der Waals surface area contributed by atoms with Crippen molar-refractivity contribution in [3.8, 4) is 11.5 Å². The first kappa shape index (κ1) is 19.3. The molecule has 152 valence electrons. The molecule has 0 saturated heterocycles. The van der Waals surface area contributed by atoms with E-state index < -0.39 is 0 Å². The van der Waals surface area contributed by atoms with Crippen molar-refractivity contribution in [2.24, 2.45) is 5.92 Å². The van der Waals surface area contributed by atoms with E-state index in [2.05, 4.69) is 16.0 Å². The molecule has 1 aliphatic carbocycles. The lowest BCUT2D eigenvalue weighted by Gasteiger charge is -2.12. The number of nitrogens with one attached hydrogen (secondary N) is 1. The Balaban J connectivity index is 1.38. The van der Waals surface area contributed by atoms with E-state index in [4.69, 9.17) is 14.5 Å². The van der Waals surface area contributed by atoms with Crippen LogP contribution in [0.5, 0.6) is 11.5 Å². The number of para-hydroxylation sites is 4. The number of aryl methyl sites for hydroxylation is 1. The predicted molar refractivity (Wildman–Crippen MR) is 112 cm³/mol. The van der Waals surface area contributed by atoms with Gasteiger partial charge in [0.15, 0.2) is 11.5 Å². The minimum Gasteiger partial charge on any atom is -0.493 e. The molecule has 1 heterocycles. The molecule has 29 heavy (non-hydrogen) atoms. The number of aromatic nitrogens is 2. The smallest absolute Gasteiger partial charge is 0.223 e. The van der Waals surface area contributed by atoms with Crippen LogP contribution in [0.3, 0.4) is 0 Å². The lowest BCUT2D eigenvalue weighted by Crippen LogP contribution is -2.27. The number of fused-ring (bicyclic) bond motifs is 1. The van der Waals surface area contributed by atoms with Crippen molar-refractivity contribution in [2.75, 3.05) is 20.3 Å². The fourth-order valence-electron chi connectivity index (χ4n) is 3.50. The quantitative estimate of drug-likeness (QED) is 0.535. The highest BCUT2D eigenvalue weighted by Crippen LogP contribution is 2.28. The van der Waals surface area contributed by atoms with Gasteiger partial charge in [-0.05, 0) is 43.5 Å². The van der Waals surface area contributed by atoms with Crippen molar-refractivity contribution < 1.29 is 14.3 Å². The Morgan fingerprint density at radius 2 is 1.90 bits per heavy atom. The van der Waals surface area contributed by atoms with E-state index in [-0.39, 0.29) is 11.8 Å². The third kappa shape index (κ3) is 4.70. The molecule has 1 amide bonds. The summed E-state index contributed by atoms with van der Waals surface area (Å²) in [5, 5.41) is 3.04. The molecule has 6 heteroatoms. The summed E-state index contributed by atoms with van der Waals surface area (Å²) in [6.45, 7) is 2.02. The average molecular weight is 393 g/mol. The van der Waals surface area contributed by atoms with Gasteiger partial charge in [0.1, 0.15) is 5.82 Å². The van der Waals surface area contributed by atoms with Crippen molar-refractivity contribution in [2.45, 2.75) is 32.2 Å². The molecule has 3 aromatic rings. The monoisotopic (exact) mass is 393 g/mol. The number of nitrogens with zero attached hydrogens (tertiary/aromatic N) is 2. The van der Waals surface area contributed by atoms with Crippen LogP contribution in [0.1, 0.15) is 25.1 Å². The maximum absolute atomic E-state index is 11.9. The Hall–Kier alpha value is -3.02. The predicted octanol–water partition coefficient (Wildman–Crippen LogP) is 3.58. The van der Waals surface area contributed by atoms with Gasteiger partial charge in [-0.25, -0.2) is 4.98 Å². The van der Waals surface area contributed by atoms with Crippen LogP contribution in [0, 0.1) is 5.92 Å². The van der Waals surface area contributed by atoms with Gasteiger partial charge < -0.3 is 19.4 Å². The van der Waals surface area contributed by atoms with Crippen molar-refractivity contribution >= 4 is 16.9 Å². The summed E-state index contributed by atoms with van der Waals surface area (Å²) in [6.07, 6.45) is 3.62. The zero-order chi connectivity index (χ0) is 20.1. The van der Waals surface area contributed by atoms with Crippen LogP contribution in [0.25, 0.3) is 11.0 Å². The third-order valence-electron chi connectivity index (χ3n) is 5.18. The van der Waals surface area contributed by atoms with Crippen molar-refractivity contribution in [1.82, 2.24) is 14.9 Å². The number of methoxy groups -OCH3 is 1. The number of amides is 1. The lowest BCUT2D eigenvalue weighted by atomic mass is 10.3. The van der Waals surface area contributed by atoms with E-state index in [9.17, 15) is 4.79 Å². The van der Waals surface area contributed by atoms with Crippen LogP contribution >= 0.6 is 0 Å². The zero-order valence-electron chi connectivity index (χ0n) is 16.8. The topological polar surface area (TPSA) is 65.4 Å². The molecule has 0 radical (unpaired) electrons. The standard InChI is InChI=1S/C23H27N3O3/c1-28-20-9-4-5-10-21(20)29-16-6-15-26-19-8-3-2-7-18(19)25-22(26)13-14-24-23(27)17-11-12-17/h2-5,7-10,17H,6,11-16H2,1H3,(H,24,27). The molecule has 0 atom stereocenters. The SMILES string of the molecule is COc1ccccc1OCCCn1c(CCNC(=O)C2CC2)nc2ccccc21. The molecule has 2 aromatic carbocycles. The number of benzene rings is 2. The Morgan fingerprint density at radius 3 is 2.69 bits per heavy atom. The number of hydrogen-bond donors (Lipinski definition) is 1. The summed E-state index contributed by atoms with van der Waals surface area (Å²) >= 11 is 0. The Kier molecular flexibility index (Phi) is 5.98. The first-order valence-electron chi connectivity index (χ1n) is 10.2. The number of hydrogen-bond acceptors (Lipinski definition) is 4. The molecular weight excluding hydrogens is 366 g/mol. The van der Waals surface area contributed by atoms with Gasteiger partial charge in [-0.15, -0.1) is 0 Å². The molecule has 1 aromatic heterocycles. The lowest BCUT2D eigenvalue weighted by molar-refractivity contribution is -0.122. The van der Waals surface area contributed by atoms with Crippen LogP contribution in [-0.4, -0.2) is 35.7 Å². The molecule has 1 aliphatic rings. The molecule has 0 spiro atoms. The van der Waals surface area contributed by atoms with E-state index in [1.165, 1.54) is 0 Å². The molecule has 4 rings (SSSR count). The second kappa shape index (κ2) is 8.99. The molecule has 0 unspecified atom stereocenters. The maximum atomic E-state index is 11.9. The van der Waals surface area contributed by atoms with Crippen molar-refractivity contribution in [3.05, 3.63) is 54.4 Å². The van der Waals surface area contributed by atoms with Gasteiger partial charge in [-0.2, -0.15) is 0 Å². The van der Waals surface area contributed by atoms with Gasteiger partial charge in [-0.1, -0.05) is 24.3 Å². The number of imidazole rings is 1. The van der Waals surface area contributed by atoms with Gasteiger partial charge in [0, 0.05) is 25.4 Å². The van der Waals surface area contributed by atoms with Gasteiger partial charge in [0.2, 0.25) is 5.91 Å². The number of carbonyl (C=O) groups excluding carboxylic acids is 1. The first-order chi connectivity index (χ1) is 14.3. The van der Waals surface area contributed by atoms with E-state index in [0.29, 0.717) is 13.2 Å². The largest absolute Gasteiger partial charge is 0.493 e. The normalized spacial score (nSPS) is 13.4. The summed E-state index contributed by atoms with van der Waals surface area (Å²) in [4.78, 5) is 16.7. The average Bonchev–Trinajstić information content (AvgIpc) is 3.54. The van der Waals surface area contributed by atoms with E-state index >= 15 is 0 Å². The maximum Gasteiger partial charge on any atom is 0.223 e. The van der Waals surface area contributed by atoms with E-state index in [1.807, 2.05) is 42.5 Å². The van der Waals surface area contributed by atoms with E-state index in [0.717, 1.165) is 60.6 Å².